The van der Waals surface area contributed by atoms with E-state index in [2.05, 4.69) is 5.32 Å². The Hall–Kier alpha value is -2.50. The van der Waals surface area contributed by atoms with Crippen molar-refractivity contribution in [2.24, 2.45) is 5.73 Å². The average molecular weight is 264 g/mol. The van der Waals surface area contributed by atoms with Gasteiger partial charge in [0.25, 0.3) is 0 Å². The van der Waals surface area contributed by atoms with Crippen LogP contribution in [-0.2, 0) is 9.59 Å². The molecule has 0 saturated carbocycles. The zero-order valence-electron chi connectivity index (χ0n) is 10.8. The van der Waals surface area contributed by atoms with Crippen molar-refractivity contribution in [3.63, 3.8) is 0 Å². The number of carbonyl (C=O) groups excluding carboxylic acids is 2. The molecule has 0 aliphatic carbocycles. The third kappa shape index (κ3) is 4.34. The van der Waals surface area contributed by atoms with Gasteiger partial charge in [-0.1, -0.05) is 12.1 Å². The highest BCUT2D eigenvalue weighted by atomic mass is 16.5. The Morgan fingerprint density at radius 2 is 2.05 bits per heavy atom. The maximum absolute atomic E-state index is 11.4. The third-order valence-corrected chi connectivity index (χ3v) is 2.28. The summed E-state index contributed by atoms with van der Waals surface area (Å²) in [7, 11) is 3.05. The average Bonchev–Trinajstić information content (AvgIpc) is 2.42. The first-order chi connectivity index (χ1) is 9.08. The van der Waals surface area contributed by atoms with Gasteiger partial charge in [0.15, 0.2) is 11.5 Å². The van der Waals surface area contributed by atoms with Crippen molar-refractivity contribution in [3.05, 3.63) is 29.8 Å². The van der Waals surface area contributed by atoms with Crippen LogP contribution >= 0.6 is 0 Å². The molecule has 1 aromatic rings. The molecule has 19 heavy (non-hydrogen) atoms. The van der Waals surface area contributed by atoms with Crippen LogP contribution in [0.25, 0.3) is 6.08 Å². The fourth-order valence-electron chi connectivity index (χ4n) is 1.44. The van der Waals surface area contributed by atoms with Gasteiger partial charge in [-0.15, -0.1) is 0 Å². The lowest BCUT2D eigenvalue weighted by molar-refractivity contribution is -0.122. The number of nitrogens with two attached hydrogens (primary N) is 1. The number of para-hydroxylation sites is 1. The van der Waals surface area contributed by atoms with Gasteiger partial charge in [0.05, 0.1) is 20.8 Å². The van der Waals surface area contributed by atoms with E-state index in [0.717, 1.165) is 0 Å². The molecule has 0 fully saturated rings. The summed E-state index contributed by atoms with van der Waals surface area (Å²) in [5.74, 6) is 0.0931. The van der Waals surface area contributed by atoms with Gasteiger partial charge in [-0.25, -0.2) is 0 Å². The largest absolute Gasteiger partial charge is 0.493 e. The number of ether oxygens (including phenoxy) is 2. The quantitative estimate of drug-likeness (QED) is 0.724. The maximum Gasteiger partial charge on any atom is 0.244 e. The molecule has 0 radical (unpaired) electrons. The van der Waals surface area contributed by atoms with Crippen LogP contribution in [0.15, 0.2) is 24.3 Å². The second-order valence-corrected chi connectivity index (χ2v) is 3.60. The molecule has 1 rings (SSSR count). The van der Waals surface area contributed by atoms with Gasteiger partial charge in [-0.2, -0.15) is 0 Å². The number of primary amides is 1. The van der Waals surface area contributed by atoms with E-state index in [1.165, 1.54) is 20.3 Å². The number of methoxy groups -OCH3 is 2. The molecule has 0 heterocycles. The van der Waals surface area contributed by atoms with Crippen LogP contribution in [-0.4, -0.2) is 32.6 Å². The Morgan fingerprint density at radius 3 is 2.63 bits per heavy atom. The van der Waals surface area contributed by atoms with E-state index in [9.17, 15) is 9.59 Å². The van der Waals surface area contributed by atoms with E-state index in [4.69, 9.17) is 15.2 Å². The zero-order valence-corrected chi connectivity index (χ0v) is 10.8. The Bertz CT molecular complexity index is 497. The summed E-state index contributed by atoms with van der Waals surface area (Å²) >= 11 is 0. The van der Waals surface area contributed by atoms with Crippen LogP contribution in [0.3, 0.4) is 0 Å². The summed E-state index contributed by atoms with van der Waals surface area (Å²) in [6, 6.07) is 5.31. The monoisotopic (exact) mass is 264 g/mol. The molecule has 0 aliphatic rings. The molecule has 0 aromatic heterocycles. The van der Waals surface area contributed by atoms with Crippen molar-refractivity contribution < 1.29 is 19.1 Å². The van der Waals surface area contributed by atoms with E-state index in [1.807, 2.05) is 0 Å². The molecule has 1 aromatic carbocycles. The van der Waals surface area contributed by atoms with Crippen molar-refractivity contribution in [2.45, 2.75) is 0 Å². The Morgan fingerprint density at radius 1 is 1.32 bits per heavy atom. The highest BCUT2D eigenvalue weighted by molar-refractivity contribution is 5.94. The molecule has 2 amide bonds. The third-order valence-electron chi connectivity index (χ3n) is 2.28. The number of hydrogen-bond donors (Lipinski definition) is 2. The number of benzene rings is 1. The number of carbonyl (C=O) groups is 2. The topological polar surface area (TPSA) is 90.6 Å². The summed E-state index contributed by atoms with van der Waals surface area (Å²) in [6.45, 7) is -0.196. The summed E-state index contributed by atoms with van der Waals surface area (Å²) in [5, 5.41) is 2.35. The lowest BCUT2D eigenvalue weighted by Crippen LogP contribution is -2.32. The first kappa shape index (κ1) is 14.6. The molecule has 0 unspecified atom stereocenters. The molecule has 0 saturated heterocycles. The molecule has 102 valence electrons. The van der Waals surface area contributed by atoms with Crippen molar-refractivity contribution >= 4 is 17.9 Å². The van der Waals surface area contributed by atoms with Gasteiger partial charge in [0, 0.05) is 11.6 Å². The lowest BCUT2D eigenvalue weighted by atomic mass is 10.1. The van der Waals surface area contributed by atoms with Gasteiger partial charge in [0.1, 0.15) is 0 Å². The second kappa shape index (κ2) is 7.05. The number of amides is 2. The van der Waals surface area contributed by atoms with Gasteiger partial charge < -0.3 is 20.5 Å². The lowest BCUT2D eigenvalue weighted by Gasteiger charge is -2.09. The molecular weight excluding hydrogens is 248 g/mol. The van der Waals surface area contributed by atoms with E-state index in [0.29, 0.717) is 17.1 Å². The minimum atomic E-state index is -0.597. The second-order valence-electron chi connectivity index (χ2n) is 3.60. The molecule has 6 nitrogen and oxygen atoms in total. The van der Waals surface area contributed by atoms with Gasteiger partial charge in [-0.05, 0) is 12.1 Å². The van der Waals surface area contributed by atoms with Crippen LogP contribution in [0.5, 0.6) is 11.5 Å². The minimum absolute atomic E-state index is 0.196. The summed E-state index contributed by atoms with van der Waals surface area (Å²) in [6.07, 6.45) is 2.86. The fraction of sp³-hybridized carbons (Fsp3) is 0.231. The predicted octanol–water partition coefficient (Wildman–Crippen LogP) is 0.318. The number of rotatable bonds is 6. The van der Waals surface area contributed by atoms with E-state index < -0.39 is 11.8 Å². The zero-order chi connectivity index (χ0) is 14.3. The van der Waals surface area contributed by atoms with Gasteiger partial charge in [-0.3, -0.25) is 9.59 Å². The van der Waals surface area contributed by atoms with Crippen LogP contribution in [0.1, 0.15) is 5.56 Å². The number of nitrogens with one attached hydrogen (secondary N) is 1. The van der Waals surface area contributed by atoms with Gasteiger partial charge >= 0.3 is 0 Å². The highest BCUT2D eigenvalue weighted by Gasteiger charge is 2.07. The van der Waals surface area contributed by atoms with Crippen LogP contribution in [0.2, 0.25) is 0 Å². The van der Waals surface area contributed by atoms with Crippen molar-refractivity contribution in [3.8, 4) is 11.5 Å². The number of hydrogen-bond acceptors (Lipinski definition) is 4. The molecular formula is C13H16N2O4. The first-order valence-corrected chi connectivity index (χ1v) is 5.53. The van der Waals surface area contributed by atoms with E-state index in [-0.39, 0.29) is 6.54 Å². The van der Waals surface area contributed by atoms with Crippen LogP contribution in [0.4, 0.5) is 0 Å². The van der Waals surface area contributed by atoms with Crippen molar-refractivity contribution in [1.29, 1.82) is 0 Å². The Labute approximate surface area is 111 Å². The minimum Gasteiger partial charge on any atom is -0.493 e. The Kier molecular flexibility index (Phi) is 5.40. The van der Waals surface area contributed by atoms with Crippen LogP contribution in [0, 0.1) is 0 Å². The smallest absolute Gasteiger partial charge is 0.244 e. The first-order valence-electron chi connectivity index (χ1n) is 5.53. The predicted molar refractivity (Wildman–Crippen MR) is 70.8 cm³/mol. The van der Waals surface area contributed by atoms with Crippen LogP contribution < -0.4 is 20.5 Å². The molecule has 0 spiro atoms. The highest BCUT2D eigenvalue weighted by Crippen LogP contribution is 2.31. The molecule has 3 N–H and O–H groups in total. The Balaban J connectivity index is 2.81. The normalized spacial score (nSPS) is 10.2. The molecule has 0 aliphatic heterocycles. The summed E-state index contributed by atoms with van der Waals surface area (Å²) in [4.78, 5) is 21.9. The molecule has 0 atom stereocenters. The van der Waals surface area contributed by atoms with Gasteiger partial charge in [0.2, 0.25) is 11.8 Å². The molecule has 0 bridgehead atoms. The SMILES string of the molecule is COc1cccc(/C=C/C(=O)NCC(N)=O)c1OC. The standard InChI is InChI=1S/C13H16N2O4/c1-18-10-5-3-4-9(13(10)19-2)6-7-12(17)15-8-11(14)16/h3-7H,8H2,1-2H3,(H2,14,16)(H,15,17)/b7-6+. The fourth-order valence-corrected chi connectivity index (χ4v) is 1.44. The summed E-state index contributed by atoms with van der Waals surface area (Å²) < 4.78 is 10.4. The van der Waals surface area contributed by atoms with E-state index >= 15 is 0 Å². The van der Waals surface area contributed by atoms with Crippen molar-refractivity contribution in [2.75, 3.05) is 20.8 Å². The van der Waals surface area contributed by atoms with Crippen molar-refractivity contribution in [1.82, 2.24) is 5.32 Å². The molecule has 6 heteroatoms. The summed E-state index contributed by atoms with van der Waals surface area (Å²) in [5.41, 5.74) is 5.61. The van der Waals surface area contributed by atoms with E-state index in [1.54, 1.807) is 24.3 Å². The maximum atomic E-state index is 11.4.